The predicted octanol–water partition coefficient (Wildman–Crippen LogP) is 3.17. The molecule has 2 N–H and O–H groups in total. The fourth-order valence-electron chi connectivity index (χ4n) is 3.04. The van der Waals surface area contributed by atoms with Crippen LogP contribution < -0.4 is 24.8 Å². The van der Waals surface area contributed by atoms with Crippen LogP contribution >= 0.6 is 12.4 Å². The number of hydrogen-bond acceptors (Lipinski definition) is 5. The number of carbonyl (C=O) groups excluding carboxylic acids is 1. The van der Waals surface area contributed by atoms with Gasteiger partial charge in [0.2, 0.25) is 5.75 Å². The van der Waals surface area contributed by atoms with Gasteiger partial charge in [0.05, 0.1) is 27.0 Å². The number of benzene rings is 2. The van der Waals surface area contributed by atoms with E-state index in [4.69, 9.17) is 14.2 Å². The highest BCUT2D eigenvalue weighted by Crippen LogP contribution is 2.38. The van der Waals surface area contributed by atoms with Crippen LogP contribution in [0.3, 0.4) is 0 Å². The Balaban J connectivity index is 0.00000261. The second kappa shape index (κ2) is 8.92. The average Bonchev–Trinajstić information content (AvgIpc) is 2.68. The first kappa shape index (κ1) is 20.8. The van der Waals surface area contributed by atoms with E-state index in [1.54, 1.807) is 6.07 Å². The molecule has 1 aliphatic rings. The number of amides is 1. The number of hydrogen-bond donors (Lipinski definition) is 2. The van der Waals surface area contributed by atoms with E-state index in [0.29, 0.717) is 42.3 Å². The average molecular weight is 397 g/mol. The molecule has 3 rings (SSSR count). The molecular weight excluding hydrogens is 375 g/mol. The van der Waals surface area contributed by atoms with Crippen molar-refractivity contribution in [2.24, 2.45) is 0 Å². The van der Waals surface area contributed by atoms with Crippen LogP contribution in [0.1, 0.15) is 21.5 Å². The van der Waals surface area contributed by atoms with E-state index in [9.17, 15) is 9.18 Å². The number of carbonyl (C=O) groups is 1. The molecule has 1 heterocycles. The first-order chi connectivity index (χ1) is 12.6. The molecule has 6 nitrogen and oxygen atoms in total. The zero-order chi connectivity index (χ0) is 18.7. The summed E-state index contributed by atoms with van der Waals surface area (Å²) < 4.78 is 30.5. The molecule has 1 amide bonds. The van der Waals surface area contributed by atoms with E-state index in [1.807, 2.05) is 6.07 Å². The van der Waals surface area contributed by atoms with Crippen LogP contribution in [0.2, 0.25) is 0 Å². The maximum Gasteiger partial charge on any atom is 0.256 e. The van der Waals surface area contributed by atoms with E-state index in [0.717, 1.165) is 5.56 Å². The number of fused-ring (bicyclic) bond motifs is 1. The number of rotatable bonds is 5. The lowest BCUT2D eigenvalue weighted by molar-refractivity contribution is 0.102. The number of halogens is 2. The summed E-state index contributed by atoms with van der Waals surface area (Å²) in [6, 6.07) is 6.46. The van der Waals surface area contributed by atoms with Crippen LogP contribution in [-0.2, 0) is 13.0 Å². The molecular formula is C19H22ClFN2O4. The standard InChI is InChI=1S/C19H21FN2O4.ClH/c1-24-15-8-12(9-16(25-2)18(15)26-3)19(23)22-14-5-4-11-10-21-7-6-13(11)17(14)20;/h4-5,8-9,21H,6-7,10H2,1-3H3,(H,22,23);1H. The van der Waals surface area contributed by atoms with Crippen LogP contribution in [0.25, 0.3) is 0 Å². The second-order valence-electron chi connectivity index (χ2n) is 5.86. The third kappa shape index (κ3) is 4.09. The molecule has 2 aromatic carbocycles. The molecule has 8 heteroatoms. The molecule has 27 heavy (non-hydrogen) atoms. The quantitative estimate of drug-likeness (QED) is 0.812. The summed E-state index contributed by atoms with van der Waals surface area (Å²) in [5.74, 6) is 0.254. The molecule has 0 atom stereocenters. The molecule has 0 bridgehead atoms. The summed E-state index contributed by atoms with van der Waals surface area (Å²) in [4.78, 5) is 12.6. The van der Waals surface area contributed by atoms with E-state index in [-0.39, 0.29) is 29.5 Å². The Hall–Kier alpha value is -2.51. The Labute approximate surface area is 163 Å². The van der Waals surface area contributed by atoms with Gasteiger partial charge in [0.15, 0.2) is 11.5 Å². The first-order valence-electron chi connectivity index (χ1n) is 8.21. The monoisotopic (exact) mass is 396 g/mol. The lowest BCUT2D eigenvalue weighted by Crippen LogP contribution is -2.25. The van der Waals surface area contributed by atoms with Gasteiger partial charge in [-0.2, -0.15) is 0 Å². The minimum atomic E-state index is -0.461. The minimum Gasteiger partial charge on any atom is -0.493 e. The highest BCUT2D eigenvalue weighted by atomic mass is 35.5. The van der Waals surface area contributed by atoms with Gasteiger partial charge in [-0.15, -0.1) is 12.4 Å². The maximum atomic E-state index is 14.7. The summed E-state index contributed by atoms with van der Waals surface area (Å²) in [7, 11) is 4.42. The molecule has 1 aliphatic heterocycles. The Morgan fingerprint density at radius 3 is 2.37 bits per heavy atom. The van der Waals surface area contributed by atoms with Crippen molar-refractivity contribution >= 4 is 24.0 Å². The van der Waals surface area contributed by atoms with Crippen LogP contribution in [0.4, 0.5) is 10.1 Å². The van der Waals surface area contributed by atoms with Gasteiger partial charge in [0, 0.05) is 12.1 Å². The molecule has 0 radical (unpaired) electrons. The fourth-order valence-corrected chi connectivity index (χ4v) is 3.04. The molecule has 0 unspecified atom stereocenters. The van der Waals surface area contributed by atoms with Crippen molar-refractivity contribution in [3.8, 4) is 17.2 Å². The van der Waals surface area contributed by atoms with Crippen molar-refractivity contribution in [2.45, 2.75) is 13.0 Å². The van der Waals surface area contributed by atoms with Crippen molar-refractivity contribution in [3.05, 3.63) is 46.8 Å². The summed E-state index contributed by atoms with van der Waals surface area (Å²) in [6.45, 7) is 1.35. The zero-order valence-corrected chi connectivity index (χ0v) is 16.2. The van der Waals surface area contributed by atoms with Crippen molar-refractivity contribution in [1.82, 2.24) is 5.32 Å². The Morgan fingerprint density at radius 2 is 1.78 bits per heavy atom. The minimum absolute atomic E-state index is 0. The van der Waals surface area contributed by atoms with Gasteiger partial charge in [-0.1, -0.05) is 6.07 Å². The van der Waals surface area contributed by atoms with Crippen LogP contribution in [0.15, 0.2) is 24.3 Å². The van der Waals surface area contributed by atoms with Gasteiger partial charge in [-0.3, -0.25) is 4.79 Å². The van der Waals surface area contributed by atoms with Gasteiger partial charge < -0.3 is 24.8 Å². The molecule has 0 aliphatic carbocycles. The van der Waals surface area contributed by atoms with E-state index in [1.165, 1.54) is 33.5 Å². The lowest BCUT2D eigenvalue weighted by atomic mass is 9.99. The number of nitrogens with one attached hydrogen (secondary N) is 2. The molecule has 0 saturated heterocycles. The van der Waals surface area contributed by atoms with Gasteiger partial charge >= 0.3 is 0 Å². The molecule has 0 saturated carbocycles. The Kier molecular flexibility index (Phi) is 6.87. The molecule has 0 aromatic heterocycles. The van der Waals surface area contributed by atoms with Crippen LogP contribution in [-0.4, -0.2) is 33.8 Å². The molecule has 0 spiro atoms. The number of anilines is 1. The summed E-state index contributed by atoms with van der Waals surface area (Å²) >= 11 is 0. The molecule has 146 valence electrons. The summed E-state index contributed by atoms with van der Waals surface area (Å²) in [6.07, 6.45) is 0.592. The largest absolute Gasteiger partial charge is 0.493 e. The predicted molar refractivity (Wildman–Crippen MR) is 103 cm³/mol. The SMILES string of the molecule is COc1cc(C(=O)Nc2ccc3c(c2F)CCNC3)cc(OC)c1OC.Cl. The van der Waals surface area contributed by atoms with Crippen LogP contribution in [0, 0.1) is 5.82 Å². The fraction of sp³-hybridized carbons (Fsp3) is 0.316. The van der Waals surface area contributed by atoms with Gasteiger partial charge in [-0.25, -0.2) is 4.39 Å². The third-order valence-electron chi connectivity index (χ3n) is 4.38. The van der Waals surface area contributed by atoms with Crippen molar-refractivity contribution in [3.63, 3.8) is 0 Å². The van der Waals surface area contributed by atoms with Crippen molar-refractivity contribution in [1.29, 1.82) is 0 Å². The highest BCUT2D eigenvalue weighted by Gasteiger charge is 2.20. The van der Waals surface area contributed by atoms with Gasteiger partial charge in [0.25, 0.3) is 5.91 Å². The molecule has 2 aromatic rings. The maximum absolute atomic E-state index is 14.7. The lowest BCUT2D eigenvalue weighted by Gasteiger charge is -2.19. The number of methoxy groups -OCH3 is 3. The van der Waals surface area contributed by atoms with Gasteiger partial charge in [0.1, 0.15) is 5.82 Å². The highest BCUT2D eigenvalue weighted by molar-refractivity contribution is 6.05. The Morgan fingerprint density at radius 1 is 1.11 bits per heavy atom. The van der Waals surface area contributed by atoms with Gasteiger partial charge in [-0.05, 0) is 42.3 Å². The smallest absolute Gasteiger partial charge is 0.256 e. The van der Waals surface area contributed by atoms with Crippen molar-refractivity contribution in [2.75, 3.05) is 33.2 Å². The summed E-state index contributed by atoms with van der Waals surface area (Å²) in [5.41, 5.74) is 1.99. The normalized spacial score (nSPS) is 12.4. The topological polar surface area (TPSA) is 68.8 Å². The number of ether oxygens (including phenoxy) is 3. The third-order valence-corrected chi connectivity index (χ3v) is 4.38. The van der Waals surface area contributed by atoms with Crippen molar-refractivity contribution < 1.29 is 23.4 Å². The first-order valence-corrected chi connectivity index (χ1v) is 8.21. The summed E-state index contributed by atoms with van der Waals surface area (Å²) in [5, 5.41) is 5.83. The zero-order valence-electron chi connectivity index (χ0n) is 15.3. The van der Waals surface area contributed by atoms with E-state index >= 15 is 0 Å². The van der Waals surface area contributed by atoms with Crippen LogP contribution in [0.5, 0.6) is 17.2 Å². The van der Waals surface area contributed by atoms with E-state index < -0.39 is 5.91 Å². The second-order valence-corrected chi connectivity index (χ2v) is 5.86. The Bertz CT molecular complexity index is 820. The molecule has 0 fully saturated rings. The van der Waals surface area contributed by atoms with E-state index in [2.05, 4.69) is 10.6 Å².